The van der Waals surface area contributed by atoms with Crippen molar-refractivity contribution in [1.29, 1.82) is 0 Å². The number of nitrogens with one attached hydrogen (secondary N) is 8. The summed E-state index contributed by atoms with van der Waals surface area (Å²) in [6.45, 7) is 4.35. The quantitative estimate of drug-likeness (QED) is 0.0316. The highest BCUT2D eigenvalue weighted by Gasteiger charge is 2.41. The molecule has 0 radical (unpaired) electrons. The Morgan fingerprint density at radius 1 is 0.713 bits per heavy atom. The number of carboxylic acid groups (broad SMARTS) is 1. The molecule has 0 unspecified atom stereocenters. The Balaban J connectivity index is 2.19. The number of hydrogen-bond acceptors (Lipinski definition) is 20. The van der Waals surface area contributed by atoms with Crippen LogP contribution >= 0.6 is 0 Å². The van der Waals surface area contributed by atoms with Crippen molar-refractivity contribution in [2.24, 2.45) is 13.0 Å². The molecule has 1 aromatic heterocycles. The number of carbonyl (C=O) groups is 10. The lowest BCUT2D eigenvalue weighted by molar-refractivity contribution is -0.156. The summed E-state index contributed by atoms with van der Waals surface area (Å²) < 4.78 is 6.60. The summed E-state index contributed by atoms with van der Waals surface area (Å²) in [5, 5.41) is 111. The van der Waals surface area contributed by atoms with Crippen LogP contribution in [0.4, 0.5) is 0 Å². The van der Waals surface area contributed by atoms with E-state index in [4.69, 9.17) is 4.74 Å². The molecule has 0 aliphatic heterocycles. The number of aromatic nitrogens is 2. The predicted molar refractivity (Wildman–Crippen MR) is 276 cm³/mol. The number of rotatable bonds is 33. The average molecular weight is 1140 g/mol. The lowest BCUT2D eigenvalue weighted by Crippen LogP contribution is -2.64. The van der Waals surface area contributed by atoms with Crippen molar-refractivity contribution < 1.29 is 98.6 Å². The van der Waals surface area contributed by atoms with Gasteiger partial charge in [-0.25, -0.2) is 9.78 Å². The van der Waals surface area contributed by atoms with Gasteiger partial charge in [0.1, 0.15) is 60.6 Å². The van der Waals surface area contributed by atoms with Gasteiger partial charge in [-0.15, -0.1) is 0 Å². The normalized spacial score (nSPS) is 16.4. The highest BCUT2D eigenvalue weighted by Crippen LogP contribution is 2.18. The molecule has 0 aliphatic carbocycles. The molecule has 0 aliphatic rings. The Hall–Kier alpha value is -7.23. The van der Waals surface area contributed by atoms with Gasteiger partial charge >= 0.3 is 5.97 Å². The maximum absolute atomic E-state index is 13.8. The second-order valence-corrected chi connectivity index (χ2v) is 19.8. The molecule has 80 heavy (non-hydrogen) atoms. The lowest BCUT2D eigenvalue weighted by atomic mass is 9.96. The molecule has 0 bridgehead atoms. The average Bonchev–Trinajstić information content (AvgIpc) is 3.84. The van der Waals surface area contributed by atoms with E-state index >= 15 is 0 Å². The van der Waals surface area contributed by atoms with Crippen LogP contribution in [0.2, 0.25) is 0 Å². The number of likely N-dealkylation sites (N-methyl/N-ethyl adjacent to an activating group) is 1. The Kier molecular flexibility index (Phi) is 27.7. The third kappa shape index (κ3) is 20.8. The van der Waals surface area contributed by atoms with E-state index in [2.05, 4.69) is 47.5 Å². The van der Waals surface area contributed by atoms with Gasteiger partial charge in [-0.05, 0) is 45.6 Å². The number of ether oxygens (including phenoxy) is 1. The number of imidazole rings is 1. The van der Waals surface area contributed by atoms with Crippen LogP contribution in [0.15, 0.2) is 42.9 Å². The van der Waals surface area contributed by atoms with Gasteiger partial charge < -0.3 is 103 Å². The summed E-state index contributed by atoms with van der Waals surface area (Å²) in [4.78, 5) is 136. The van der Waals surface area contributed by atoms with Gasteiger partial charge in [-0.3, -0.25) is 43.2 Å². The number of nitrogens with zero attached hydrogens (tertiary/aromatic N) is 3. The van der Waals surface area contributed by atoms with E-state index in [-0.39, 0.29) is 24.5 Å². The summed E-state index contributed by atoms with van der Waals surface area (Å²) >= 11 is 0. The molecule has 13 atom stereocenters. The van der Waals surface area contributed by atoms with Crippen molar-refractivity contribution in [2.75, 3.05) is 40.5 Å². The van der Waals surface area contributed by atoms with Gasteiger partial charge in [0.15, 0.2) is 12.2 Å². The second kappa shape index (κ2) is 32.1. The van der Waals surface area contributed by atoms with Gasteiger partial charge in [0.05, 0.1) is 49.7 Å². The van der Waals surface area contributed by atoms with Crippen LogP contribution in [-0.2, 0) is 66.2 Å². The number of aliphatic hydroxyl groups is 8. The topological polar surface area (TPSA) is 479 Å². The minimum Gasteiger partial charge on any atom is -0.480 e. The van der Waals surface area contributed by atoms with E-state index in [9.17, 15) is 93.9 Å². The largest absolute Gasteiger partial charge is 0.480 e. The molecule has 1 aromatic carbocycles. The predicted octanol–water partition coefficient (Wildman–Crippen LogP) is -7.95. The van der Waals surface area contributed by atoms with Gasteiger partial charge in [0.25, 0.3) is 11.8 Å². The molecule has 0 saturated heterocycles. The summed E-state index contributed by atoms with van der Waals surface area (Å²) in [5.74, 6) is -11.8. The van der Waals surface area contributed by atoms with E-state index in [1.807, 2.05) is 0 Å². The van der Waals surface area contributed by atoms with Crippen molar-refractivity contribution in [1.82, 2.24) is 57.0 Å². The first-order valence-electron chi connectivity index (χ1n) is 25.0. The van der Waals surface area contributed by atoms with E-state index in [1.165, 1.54) is 31.1 Å². The van der Waals surface area contributed by atoms with E-state index in [0.29, 0.717) is 5.56 Å². The maximum atomic E-state index is 13.8. The van der Waals surface area contributed by atoms with Crippen molar-refractivity contribution in [2.45, 2.75) is 139 Å². The molecule has 448 valence electrons. The molecular formula is C49H77N11O20. The molecule has 1 heterocycles. The molecule has 17 N–H and O–H groups in total. The molecule has 0 spiro atoms. The van der Waals surface area contributed by atoms with Gasteiger partial charge in [-0.1, -0.05) is 44.2 Å². The number of aryl methyl sites for hydroxylation is 1. The molecule has 2 rings (SSSR count). The van der Waals surface area contributed by atoms with E-state index in [1.54, 1.807) is 44.2 Å². The minimum atomic E-state index is -2.34. The van der Waals surface area contributed by atoms with E-state index in [0.717, 1.165) is 39.8 Å². The smallest absolute Gasteiger partial charge is 0.328 e. The molecule has 9 amide bonds. The van der Waals surface area contributed by atoms with Crippen LogP contribution in [0.3, 0.4) is 0 Å². The number of carbonyl (C=O) groups excluding carboxylic acids is 9. The summed E-state index contributed by atoms with van der Waals surface area (Å²) in [6, 6.07) is -3.45. The van der Waals surface area contributed by atoms with Gasteiger partial charge in [0.2, 0.25) is 41.4 Å². The minimum absolute atomic E-state index is 0.0415. The Bertz CT molecular complexity index is 2420. The number of carboxylic acids is 1. The van der Waals surface area contributed by atoms with E-state index < -0.39 is 170 Å². The van der Waals surface area contributed by atoms with Crippen LogP contribution in [0.1, 0.15) is 65.3 Å². The molecular weight excluding hydrogens is 1060 g/mol. The van der Waals surface area contributed by atoms with Crippen LogP contribution in [-0.4, -0.2) is 238 Å². The zero-order valence-electron chi connectivity index (χ0n) is 45.7. The SMILES string of the molecule is CO[C@@H](CNC(=O)[C@H](NC(=O)[C@H](O)[C@H](C)O)[C@H](O)c1cncn1C)[C@H](O)[C@H](O)C(=O)N(C)[C@@H](Cc1ccccc1)C(=O)NCC(=O)N[C@@H](C)C(=O)N[C@@H](CO)C(=O)N[C@H](C(=O)N[C@@H](CC(C)C)C(=O)N[C@@H](CO)C(=O)O)C(C)(C)O. The first-order valence-corrected chi connectivity index (χ1v) is 25.0. The molecule has 31 nitrogen and oxygen atoms in total. The monoisotopic (exact) mass is 1140 g/mol. The van der Waals surface area contributed by atoms with Gasteiger partial charge in [-0.2, -0.15) is 0 Å². The van der Waals surface area contributed by atoms with Crippen molar-refractivity contribution >= 4 is 59.1 Å². The Labute approximate surface area is 460 Å². The summed E-state index contributed by atoms with van der Waals surface area (Å²) in [7, 11) is 3.65. The zero-order chi connectivity index (χ0) is 60.9. The van der Waals surface area contributed by atoms with Crippen LogP contribution in [0.25, 0.3) is 0 Å². The van der Waals surface area contributed by atoms with Crippen molar-refractivity contribution in [3.63, 3.8) is 0 Å². The van der Waals surface area contributed by atoms with Crippen LogP contribution in [0.5, 0.6) is 0 Å². The van der Waals surface area contributed by atoms with Crippen molar-refractivity contribution in [3.05, 3.63) is 54.1 Å². The molecule has 0 fully saturated rings. The van der Waals surface area contributed by atoms with Crippen LogP contribution < -0.4 is 42.5 Å². The molecule has 31 heteroatoms. The summed E-state index contributed by atoms with van der Waals surface area (Å²) in [6.07, 6.45) is -9.19. The molecule has 2 aromatic rings. The first-order chi connectivity index (χ1) is 37.3. The van der Waals surface area contributed by atoms with Crippen LogP contribution in [0, 0.1) is 5.92 Å². The highest BCUT2D eigenvalue weighted by molar-refractivity contribution is 5.97. The van der Waals surface area contributed by atoms with Gasteiger partial charge in [0, 0.05) is 34.2 Å². The number of amides is 9. The number of aliphatic hydroxyl groups excluding tert-OH is 7. The number of benzene rings is 1. The first kappa shape index (κ1) is 68.9. The fourth-order valence-corrected chi connectivity index (χ4v) is 7.53. The number of hydrogen-bond donors (Lipinski definition) is 17. The highest BCUT2D eigenvalue weighted by atomic mass is 16.5. The maximum Gasteiger partial charge on any atom is 0.328 e. The number of aliphatic carboxylic acids is 1. The molecule has 0 saturated carbocycles. The van der Waals surface area contributed by atoms with Crippen molar-refractivity contribution in [3.8, 4) is 0 Å². The Morgan fingerprint density at radius 2 is 1.29 bits per heavy atom. The summed E-state index contributed by atoms with van der Waals surface area (Å²) in [5.41, 5.74) is -1.52. The fraction of sp³-hybridized carbons (Fsp3) is 0.612. The lowest BCUT2D eigenvalue weighted by Gasteiger charge is -2.32. The third-order valence-electron chi connectivity index (χ3n) is 12.3. The zero-order valence-corrected chi connectivity index (χ0v) is 45.7. The standard InChI is InChI=1S/C49H77N11O20/c1-23(2)15-27(41(70)56-29(21-62)48(77)78)54-46(75)39(49(5,6)79)58-42(71)28(20-61)55-40(69)24(3)53-33(64)19-52-43(72)30(16-26-13-11-10-12-14-26)60(8)47(76)38(68)37(67)32(80-9)18-51-44(73)34(57-45(74)35(65)25(4)63)36(66)31-17-50-22-59(31)7/h10-14,17,22-25,27-30,32,34-39,61-63,65-68,79H,15-16,18-21H2,1-9H3,(H,51,73)(H,52,72)(H,53,64)(H,54,75)(H,55,69)(H,56,70)(H,57,74)(H,58,71)(H,77,78)/t24-,25-,27-,28-,29-,30-,32-,34+,35+,36+,37-,38-,39+/m0/s1. The fourth-order valence-electron chi connectivity index (χ4n) is 7.53. The Morgan fingerprint density at radius 3 is 1.80 bits per heavy atom. The third-order valence-corrected chi connectivity index (χ3v) is 12.3. The second-order valence-electron chi connectivity index (χ2n) is 19.8. The number of methoxy groups -OCH3 is 1.